The lowest BCUT2D eigenvalue weighted by molar-refractivity contribution is 0.387. The summed E-state index contributed by atoms with van der Waals surface area (Å²) in [4.78, 5) is 0. The number of hydrogen-bond acceptors (Lipinski definition) is 1. The fourth-order valence-electron chi connectivity index (χ4n) is 2.59. The van der Waals surface area contributed by atoms with Gasteiger partial charge in [-0.25, -0.2) is 0 Å². The van der Waals surface area contributed by atoms with Crippen LogP contribution in [0, 0.1) is 5.92 Å². The van der Waals surface area contributed by atoms with Gasteiger partial charge < -0.3 is 5.32 Å². The van der Waals surface area contributed by atoms with Crippen molar-refractivity contribution >= 4 is 0 Å². The maximum atomic E-state index is 3.70. The average molecular weight is 261 g/mol. The quantitative estimate of drug-likeness (QED) is 0.596. The number of unbranched alkanes of at least 4 members (excludes halogenated alkanes) is 1. The zero-order valence-corrected chi connectivity index (χ0v) is 13.0. The Morgan fingerprint density at radius 1 is 1.05 bits per heavy atom. The summed E-state index contributed by atoms with van der Waals surface area (Å²) in [7, 11) is 0. The molecule has 0 aliphatic rings. The molecule has 1 rings (SSSR count). The largest absolute Gasteiger partial charge is 0.314 e. The molecule has 0 aromatic heterocycles. The van der Waals surface area contributed by atoms with Crippen LogP contribution in [0.1, 0.15) is 58.4 Å². The topological polar surface area (TPSA) is 12.0 Å². The molecule has 0 saturated heterocycles. The Labute approximate surface area is 119 Å². The van der Waals surface area contributed by atoms with Crippen LogP contribution in [0.2, 0.25) is 0 Å². The first-order valence-corrected chi connectivity index (χ1v) is 7.99. The third kappa shape index (κ3) is 8.05. The number of aryl methyl sites for hydroxylation is 1. The van der Waals surface area contributed by atoms with Crippen LogP contribution in [0.5, 0.6) is 0 Å². The molecule has 0 bridgehead atoms. The van der Waals surface area contributed by atoms with Crippen LogP contribution in [-0.4, -0.2) is 12.6 Å². The van der Waals surface area contributed by atoms with E-state index < -0.39 is 0 Å². The number of rotatable bonds is 10. The molecule has 19 heavy (non-hydrogen) atoms. The van der Waals surface area contributed by atoms with Gasteiger partial charge in [-0.1, -0.05) is 57.5 Å². The lowest BCUT2D eigenvalue weighted by atomic mass is 9.97. The van der Waals surface area contributed by atoms with Crippen molar-refractivity contribution in [1.82, 2.24) is 5.32 Å². The molecule has 1 unspecified atom stereocenters. The molecular formula is C18H31N. The minimum absolute atomic E-state index is 0.718. The molecule has 1 atom stereocenters. The van der Waals surface area contributed by atoms with E-state index in [-0.39, 0.29) is 0 Å². The van der Waals surface area contributed by atoms with Crippen molar-refractivity contribution < 1.29 is 0 Å². The van der Waals surface area contributed by atoms with Crippen molar-refractivity contribution in [3.8, 4) is 0 Å². The smallest absolute Gasteiger partial charge is 0.00694 e. The Morgan fingerprint density at radius 2 is 1.79 bits per heavy atom. The van der Waals surface area contributed by atoms with E-state index in [0.717, 1.165) is 18.5 Å². The second-order valence-electron chi connectivity index (χ2n) is 6.01. The van der Waals surface area contributed by atoms with Gasteiger partial charge in [0.05, 0.1) is 0 Å². The van der Waals surface area contributed by atoms with Gasteiger partial charge in [-0.05, 0) is 50.1 Å². The van der Waals surface area contributed by atoms with Crippen LogP contribution in [-0.2, 0) is 6.42 Å². The highest BCUT2D eigenvalue weighted by molar-refractivity contribution is 5.14. The van der Waals surface area contributed by atoms with Gasteiger partial charge >= 0.3 is 0 Å². The molecule has 108 valence electrons. The second kappa shape index (κ2) is 10.0. The Balaban J connectivity index is 2.19. The molecule has 1 nitrogen and oxygen atoms in total. The Hall–Kier alpha value is -0.820. The van der Waals surface area contributed by atoms with E-state index in [4.69, 9.17) is 0 Å². The highest BCUT2D eigenvalue weighted by Crippen LogP contribution is 2.13. The summed E-state index contributed by atoms with van der Waals surface area (Å²) in [5.41, 5.74) is 1.48. The van der Waals surface area contributed by atoms with Crippen molar-refractivity contribution in [2.24, 2.45) is 5.92 Å². The van der Waals surface area contributed by atoms with E-state index in [2.05, 4.69) is 56.4 Å². The predicted octanol–water partition coefficient (Wildman–Crippen LogP) is 4.81. The lowest BCUT2D eigenvalue weighted by Gasteiger charge is -2.20. The molecule has 0 aliphatic heterocycles. The fourth-order valence-corrected chi connectivity index (χ4v) is 2.59. The molecule has 0 spiro atoms. The maximum absolute atomic E-state index is 3.70. The Kier molecular flexibility index (Phi) is 8.57. The van der Waals surface area contributed by atoms with Crippen LogP contribution >= 0.6 is 0 Å². The van der Waals surface area contributed by atoms with Crippen LogP contribution < -0.4 is 5.32 Å². The summed E-state index contributed by atoms with van der Waals surface area (Å²) >= 11 is 0. The number of nitrogens with one attached hydrogen (secondary N) is 1. The Bertz CT molecular complexity index is 305. The summed E-state index contributed by atoms with van der Waals surface area (Å²) in [6.45, 7) is 8.06. The second-order valence-corrected chi connectivity index (χ2v) is 6.01. The lowest BCUT2D eigenvalue weighted by Crippen LogP contribution is -2.31. The fraction of sp³-hybridized carbons (Fsp3) is 0.667. The molecule has 0 amide bonds. The van der Waals surface area contributed by atoms with Crippen molar-refractivity contribution in [3.05, 3.63) is 35.9 Å². The van der Waals surface area contributed by atoms with Crippen LogP contribution in [0.4, 0.5) is 0 Å². The van der Waals surface area contributed by atoms with Crippen LogP contribution in [0.25, 0.3) is 0 Å². The van der Waals surface area contributed by atoms with Gasteiger partial charge in [0.1, 0.15) is 0 Å². The molecule has 0 saturated carbocycles. The van der Waals surface area contributed by atoms with Crippen molar-refractivity contribution in [3.63, 3.8) is 0 Å². The first kappa shape index (κ1) is 16.2. The van der Waals surface area contributed by atoms with E-state index in [1.807, 2.05) is 0 Å². The van der Waals surface area contributed by atoms with Crippen molar-refractivity contribution in [1.29, 1.82) is 0 Å². The summed E-state index contributed by atoms with van der Waals surface area (Å²) in [5, 5.41) is 3.70. The maximum Gasteiger partial charge on any atom is 0.00694 e. The zero-order chi connectivity index (χ0) is 13.9. The van der Waals surface area contributed by atoms with Gasteiger partial charge in [0.15, 0.2) is 0 Å². The minimum atomic E-state index is 0.718. The van der Waals surface area contributed by atoms with E-state index >= 15 is 0 Å². The minimum Gasteiger partial charge on any atom is -0.314 e. The van der Waals surface area contributed by atoms with Crippen molar-refractivity contribution in [2.75, 3.05) is 6.54 Å². The molecule has 1 heteroatoms. The summed E-state index contributed by atoms with van der Waals surface area (Å²) in [6, 6.07) is 11.6. The molecule has 1 N–H and O–H groups in total. The molecule has 0 aliphatic carbocycles. The summed E-state index contributed by atoms with van der Waals surface area (Å²) in [5.74, 6) is 0.795. The summed E-state index contributed by atoms with van der Waals surface area (Å²) < 4.78 is 0. The standard InChI is InChI=1S/C18H31N/c1-4-14-19-18(15-16(2)3)13-9-8-12-17-10-6-5-7-11-17/h5-7,10-11,16,18-19H,4,8-9,12-15H2,1-3H3. The van der Waals surface area contributed by atoms with Gasteiger partial charge in [-0.3, -0.25) is 0 Å². The van der Waals surface area contributed by atoms with Gasteiger partial charge in [-0.15, -0.1) is 0 Å². The Morgan fingerprint density at radius 3 is 2.42 bits per heavy atom. The first-order chi connectivity index (χ1) is 9.22. The zero-order valence-electron chi connectivity index (χ0n) is 13.0. The molecule has 1 aromatic rings. The monoisotopic (exact) mass is 261 g/mol. The van der Waals surface area contributed by atoms with Crippen LogP contribution in [0.3, 0.4) is 0 Å². The third-order valence-electron chi connectivity index (χ3n) is 3.55. The SMILES string of the molecule is CCCNC(CCCCc1ccccc1)CC(C)C. The molecule has 0 fully saturated rings. The first-order valence-electron chi connectivity index (χ1n) is 7.99. The van der Waals surface area contributed by atoms with E-state index in [1.165, 1.54) is 44.1 Å². The van der Waals surface area contributed by atoms with Crippen molar-refractivity contribution in [2.45, 2.75) is 65.3 Å². The van der Waals surface area contributed by atoms with Gasteiger partial charge in [0, 0.05) is 6.04 Å². The van der Waals surface area contributed by atoms with Gasteiger partial charge in [0.2, 0.25) is 0 Å². The average Bonchev–Trinajstić information content (AvgIpc) is 2.41. The van der Waals surface area contributed by atoms with E-state index in [0.29, 0.717) is 0 Å². The highest BCUT2D eigenvalue weighted by atomic mass is 14.9. The third-order valence-corrected chi connectivity index (χ3v) is 3.55. The predicted molar refractivity (Wildman–Crippen MR) is 85.5 cm³/mol. The number of benzene rings is 1. The molecule has 0 radical (unpaired) electrons. The summed E-state index contributed by atoms with van der Waals surface area (Å²) in [6.07, 6.45) is 7.74. The van der Waals surface area contributed by atoms with Crippen LogP contribution in [0.15, 0.2) is 30.3 Å². The van der Waals surface area contributed by atoms with E-state index in [9.17, 15) is 0 Å². The van der Waals surface area contributed by atoms with E-state index in [1.54, 1.807) is 0 Å². The number of hydrogen-bond donors (Lipinski definition) is 1. The highest BCUT2D eigenvalue weighted by Gasteiger charge is 2.09. The molecule has 1 aromatic carbocycles. The normalized spacial score (nSPS) is 12.8. The molecular weight excluding hydrogens is 230 g/mol. The molecule has 0 heterocycles. The van der Waals surface area contributed by atoms with Gasteiger partial charge in [0.25, 0.3) is 0 Å². The van der Waals surface area contributed by atoms with Gasteiger partial charge in [-0.2, -0.15) is 0 Å².